The van der Waals surface area contributed by atoms with Crippen molar-refractivity contribution >= 4 is 11.9 Å². The van der Waals surface area contributed by atoms with E-state index in [1.54, 1.807) is 6.08 Å². The Balaban J connectivity index is 5.12. The molecule has 0 aromatic rings. The lowest BCUT2D eigenvalue weighted by atomic mass is 9.93. The standard InChI is InChI=1S/C20H36O4/c1-5-9-11-13-17(12-10-6-2)16-18(19(21)23-14-7-3)20(22)24-15-8-4/h16-17H,5-15H2,1-4H3. The molecular weight excluding hydrogens is 304 g/mol. The van der Waals surface area contributed by atoms with Gasteiger partial charge in [-0.15, -0.1) is 0 Å². The molecule has 4 heteroatoms. The molecule has 0 radical (unpaired) electrons. The summed E-state index contributed by atoms with van der Waals surface area (Å²) < 4.78 is 10.4. The Hall–Kier alpha value is -1.32. The van der Waals surface area contributed by atoms with E-state index in [4.69, 9.17) is 9.47 Å². The number of rotatable bonds is 14. The average Bonchev–Trinajstić information content (AvgIpc) is 2.59. The molecule has 0 aliphatic carbocycles. The molecule has 140 valence electrons. The number of esters is 2. The zero-order valence-corrected chi connectivity index (χ0v) is 16.1. The van der Waals surface area contributed by atoms with Crippen LogP contribution in [-0.4, -0.2) is 25.2 Å². The molecule has 0 N–H and O–H groups in total. The fraction of sp³-hybridized carbons (Fsp3) is 0.800. The van der Waals surface area contributed by atoms with Crippen LogP contribution in [-0.2, 0) is 19.1 Å². The molecule has 24 heavy (non-hydrogen) atoms. The second kappa shape index (κ2) is 15.2. The number of unbranched alkanes of at least 4 members (excludes halogenated alkanes) is 3. The molecule has 4 nitrogen and oxygen atoms in total. The molecule has 0 aliphatic heterocycles. The van der Waals surface area contributed by atoms with E-state index in [2.05, 4.69) is 13.8 Å². The minimum Gasteiger partial charge on any atom is -0.462 e. The van der Waals surface area contributed by atoms with Crippen molar-refractivity contribution in [2.75, 3.05) is 13.2 Å². The van der Waals surface area contributed by atoms with Gasteiger partial charge in [0, 0.05) is 0 Å². The number of allylic oxidation sites excluding steroid dienone is 1. The summed E-state index contributed by atoms with van der Waals surface area (Å²) in [7, 11) is 0. The van der Waals surface area contributed by atoms with Gasteiger partial charge in [-0.05, 0) is 31.6 Å². The summed E-state index contributed by atoms with van der Waals surface area (Å²) in [4.78, 5) is 24.5. The van der Waals surface area contributed by atoms with Crippen LogP contribution < -0.4 is 0 Å². The molecule has 1 atom stereocenters. The van der Waals surface area contributed by atoms with Crippen LogP contribution in [0.3, 0.4) is 0 Å². The van der Waals surface area contributed by atoms with Crippen molar-refractivity contribution < 1.29 is 19.1 Å². The lowest BCUT2D eigenvalue weighted by Crippen LogP contribution is -2.20. The summed E-state index contributed by atoms with van der Waals surface area (Å²) >= 11 is 0. The van der Waals surface area contributed by atoms with Crippen molar-refractivity contribution in [1.82, 2.24) is 0 Å². The Kier molecular flexibility index (Phi) is 14.4. The highest BCUT2D eigenvalue weighted by Gasteiger charge is 2.23. The van der Waals surface area contributed by atoms with Crippen molar-refractivity contribution in [3.63, 3.8) is 0 Å². The van der Waals surface area contributed by atoms with Gasteiger partial charge in [-0.2, -0.15) is 0 Å². The van der Waals surface area contributed by atoms with Gasteiger partial charge in [-0.1, -0.05) is 65.9 Å². The fourth-order valence-electron chi connectivity index (χ4n) is 2.43. The van der Waals surface area contributed by atoms with Gasteiger partial charge in [0.2, 0.25) is 0 Å². The van der Waals surface area contributed by atoms with Crippen molar-refractivity contribution in [2.45, 2.75) is 85.5 Å². The Morgan fingerprint density at radius 1 is 0.750 bits per heavy atom. The second-order valence-electron chi connectivity index (χ2n) is 6.25. The quantitative estimate of drug-likeness (QED) is 0.143. The molecule has 0 bridgehead atoms. The van der Waals surface area contributed by atoms with E-state index in [9.17, 15) is 9.59 Å². The van der Waals surface area contributed by atoms with E-state index in [0.717, 1.165) is 51.4 Å². The van der Waals surface area contributed by atoms with E-state index in [1.165, 1.54) is 6.42 Å². The Labute approximate surface area is 148 Å². The molecule has 0 fully saturated rings. The third-order valence-electron chi connectivity index (χ3n) is 3.82. The van der Waals surface area contributed by atoms with Gasteiger partial charge in [0.05, 0.1) is 13.2 Å². The predicted octanol–water partition coefficient (Wildman–Crippen LogP) is 5.21. The molecule has 0 amide bonds. The highest BCUT2D eigenvalue weighted by atomic mass is 16.6. The highest BCUT2D eigenvalue weighted by molar-refractivity contribution is 6.14. The Bertz CT molecular complexity index is 352. The first kappa shape index (κ1) is 22.7. The van der Waals surface area contributed by atoms with Crippen molar-refractivity contribution in [3.8, 4) is 0 Å². The van der Waals surface area contributed by atoms with Crippen LogP contribution in [0.15, 0.2) is 11.6 Å². The van der Waals surface area contributed by atoms with Crippen LogP contribution >= 0.6 is 0 Å². The van der Waals surface area contributed by atoms with Crippen molar-refractivity contribution in [3.05, 3.63) is 11.6 Å². The van der Waals surface area contributed by atoms with E-state index >= 15 is 0 Å². The maximum absolute atomic E-state index is 12.3. The highest BCUT2D eigenvalue weighted by Crippen LogP contribution is 2.21. The Morgan fingerprint density at radius 2 is 1.25 bits per heavy atom. The molecular formula is C20H36O4. The number of hydrogen-bond donors (Lipinski definition) is 0. The number of carbonyl (C=O) groups excluding carboxylic acids is 2. The van der Waals surface area contributed by atoms with Gasteiger partial charge in [0.15, 0.2) is 0 Å². The second-order valence-corrected chi connectivity index (χ2v) is 6.25. The van der Waals surface area contributed by atoms with Crippen LogP contribution in [0.4, 0.5) is 0 Å². The van der Waals surface area contributed by atoms with Crippen molar-refractivity contribution in [2.24, 2.45) is 5.92 Å². The van der Waals surface area contributed by atoms with Gasteiger partial charge in [0.1, 0.15) is 5.57 Å². The summed E-state index contributed by atoms with van der Waals surface area (Å²) in [5.41, 5.74) is 0.0782. The molecule has 0 heterocycles. The molecule has 0 spiro atoms. The van der Waals surface area contributed by atoms with Crippen LogP contribution in [0, 0.1) is 5.92 Å². The summed E-state index contributed by atoms with van der Waals surface area (Å²) in [6, 6.07) is 0. The smallest absolute Gasteiger partial charge is 0.345 e. The zero-order chi connectivity index (χ0) is 18.2. The van der Waals surface area contributed by atoms with E-state index in [1.807, 2.05) is 13.8 Å². The van der Waals surface area contributed by atoms with Crippen molar-refractivity contribution in [1.29, 1.82) is 0 Å². The van der Waals surface area contributed by atoms with Crippen LogP contribution in [0.25, 0.3) is 0 Å². The topological polar surface area (TPSA) is 52.6 Å². The first-order valence-corrected chi connectivity index (χ1v) is 9.66. The van der Waals surface area contributed by atoms with Gasteiger partial charge in [-0.3, -0.25) is 0 Å². The van der Waals surface area contributed by atoms with Crippen LogP contribution in [0.2, 0.25) is 0 Å². The van der Waals surface area contributed by atoms with Gasteiger partial charge in [-0.25, -0.2) is 9.59 Å². The summed E-state index contributed by atoms with van der Waals surface area (Å²) in [5.74, 6) is -0.861. The predicted molar refractivity (Wildman–Crippen MR) is 97.7 cm³/mol. The SMILES string of the molecule is CCCCCC(C=C(C(=O)OCCC)C(=O)OCCC)CCCC. The molecule has 0 rings (SSSR count). The third kappa shape index (κ3) is 10.5. The molecule has 0 saturated carbocycles. The summed E-state index contributed by atoms with van der Waals surface area (Å²) in [5, 5.41) is 0. The molecule has 0 aliphatic rings. The first-order chi connectivity index (χ1) is 11.6. The molecule has 0 aromatic heterocycles. The van der Waals surface area contributed by atoms with Gasteiger partial charge < -0.3 is 9.47 Å². The zero-order valence-electron chi connectivity index (χ0n) is 16.1. The lowest BCUT2D eigenvalue weighted by Gasteiger charge is -2.15. The molecule has 0 aromatic carbocycles. The maximum Gasteiger partial charge on any atom is 0.345 e. The van der Waals surface area contributed by atoms with Crippen LogP contribution in [0.5, 0.6) is 0 Å². The van der Waals surface area contributed by atoms with Gasteiger partial charge in [0.25, 0.3) is 0 Å². The molecule has 0 saturated heterocycles. The minimum absolute atomic E-state index is 0.0782. The van der Waals surface area contributed by atoms with Gasteiger partial charge >= 0.3 is 11.9 Å². The fourth-order valence-corrected chi connectivity index (χ4v) is 2.43. The third-order valence-corrected chi connectivity index (χ3v) is 3.82. The average molecular weight is 341 g/mol. The lowest BCUT2D eigenvalue weighted by molar-refractivity contribution is -0.147. The molecule has 1 unspecified atom stereocenters. The number of ether oxygens (including phenoxy) is 2. The normalized spacial score (nSPS) is 11.7. The minimum atomic E-state index is -0.546. The summed E-state index contributed by atoms with van der Waals surface area (Å²) in [6.45, 7) is 8.84. The number of carbonyl (C=O) groups is 2. The monoisotopic (exact) mass is 340 g/mol. The first-order valence-electron chi connectivity index (χ1n) is 9.66. The summed E-state index contributed by atoms with van der Waals surface area (Å²) in [6.07, 6.45) is 10.9. The van der Waals surface area contributed by atoms with E-state index < -0.39 is 11.9 Å². The van der Waals surface area contributed by atoms with E-state index in [0.29, 0.717) is 13.2 Å². The maximum atomic E-state index is 12.3. The van der Waals surface area contributed by atoms with E-state index in [-0.39, 0.29) is 11.5 Å². The number of hydrogen-bond acceptors (Lipinski definition) is 4. The Morgan fingerprint density at radius 3 is 1.71 bits per heavy atom. The van der Waals surface area contributed by atoms with Crippen LogP contribution in [0.1, 0.15) is 85.5 Å². The largest absolute Gasteiger partial charge is 0.462 e.